The summed E-state index contributed by atoms with van der Waals surface area (Å²) < 4.78 is 0. The Morgan fingerprint density at radius 1 is 1.35 bits per heavy atom. The molecule has 0 aliphatic carbocycles. The molecule has 1 fully saturated rings. The largest absolute Gasteiger partial charge is 0.478 e. The molecule has 90 valence electrons. The Kier molecular flexibility index (Phi) is 3.22. The van der Waals surface area contributed by atoms with Crippen LogP contribution in [0.3, 0.4) is 0 Å². The number of carbonyl (C=O) groups excluding carboxylic acids is 1. The molecule has 1 aromatic rings. The monoisotopic (exact) mass is 235 g/mol. The maximum Gasteiger partial charge on any atom is 0.337 e. The van der Waals surface area contributed by atoms with Gasteiger partial charge in [-0.15, -0.1) is 0 Å². The van der Waals surface area contributed by atoms with Gasteiger partial charge in [-0.05, 0) is 18.9 Å². The van der Waals surface area contributed by atoms with Crippen molar-refractivity contribution in [2.24, 2.45) is 0 Å². The first-order valence-electron chi connectivity index (χ1n) is 5.41. The lowest BCUT2D eigenvalue weighted by molar-refractivity contribution is 0.0698. The molecule has 0 aromatic carbocycles. The number of hydrogen-bond acceptors (Lipinski definition) is 3. The number of urea groups is 1. The fourth-order valence-electron chi connectivity index (χ4n) is 1.80. The number of nitrogens with one attached hydrogen (secondary N) is 1. The van der Waals surface area contributed by atoms with E-state index in [1.54, 1.807) is 4.90 Å². The third kappa shape index (κ3) is 2.52. The summed E-state index contributed by atoms with van der Waals surface area (Å²) in [4.78, 5) is 28.2. The zero-order valence-corrected chi connectivity index (χ0v) is 9.22. The van der Waals surface area contributed by atoms with E-state index in [1.165, 1.54) is 18.5 Å². The van der Waals surface area contributed by atoms with E-state index in [1.807, 2.05) is 0 Å². The van der Waals surface area contributed by atoms with Crippen LogP contribution >= 0.6 is 0 Å². The van der Waals surface area contributed by atoms with Crippen molar-refractivity contribution in [3.8, 4) is 0 Å². The minimum absolute atomic E-state index is 0.0487. The van der Waals surface area contributed by atoms with Gasteiger partial charge in [0.25, 0.3) is 0 Å². The molecule has 0 radical (unpaired) electrons. The van der Waals surface area contributed by atoms with Crippen LogP contribution in [0.2, 0.25) is 0 Å². The Hall–Kier alpha value is -2.11. The van der Waals surface area contributed by atoms with E-state index in [0.29, 0.717) is 13.1 Å². The van der Waals surface area contributed by atoms with E-state index >= 15 is 0 Å². The minimum atomic E-state index is -1.08. The van der Waals surface area contributed by atoms with E-state index in [0.717, 1.165) is 12.8 Å². The molecule has 6 nitrogen and oxygen atoms in total. The predicted octanol–water partition coefficient (Wildman–Crippen LogP) is 1.41. The van der Waals surface area contributed by atoms with Crippen LogP contribution in [-0.4, -0.2) is 40.1 Å². The summed E-state index contributed by atoms with van der Waals surface area (Å²) >= 11 is 0. The number of aromatic carboxylic acids is 1. The van der Waals surface area contributed by atoms with Gasteiger partial charge in [0.1, 0.15) is 0 Å². The van der Waals surface area contributed by atoms with Crippen LogP contribution in [0, 0.1) is 0 Å². The SMILES string of the molecule is O=C(O)c1ccncc1NC(=O)N1CCCC1. The Balaban J connectivity index is 2.12. The Morgan fingerprint density at radius 3 is 2.71 bits per heavy atom. The van der Waals surface area contributed by atoms with Crippen LogP contribution in [0.25, 0.3) is 0 Å². The first kappa shape index (κ1) is 11.4. The van der Waals surface area contributed by atoms with Gasteiger partial charge < -0.3 is 15.3 Å². The van der Waals surface area contributed by atoms with Crippen molar-refractivity contribution in [1.29, 1.82) is 0 Å². The van der Waals surface area contributed by atoms with Crippen molar-refractivity contribution in [2.75, 3.05) is 18.4 Å². The highest BCUT2D eigenvalue weighted by atomic mass is 16.4. The van der Waals surface area contributed by atoms with Crippen molar-refractivity contribution in [1.82, 2.24) is 9.88 Å². The molecule has 1 aromatic heterocycles. The minimum Gasteiger partial charge on any atom is -0.478 e. The van der Waals surface area contributed by atoms with Gasteiger partial charge >= 0.3 is 12.0 Å². The number of carbonyl (C=O) groups is 2. The number of likely N-dealkylation sites (tertiary alicyclic amines) is 1. The molecule has 0 bridgehead atoms. The van der Waals surface area contributed by atoms with E-state index in [4.69, 9.17) is 5.11 Å². The number of pyridine rings is 1. The van der Waals surface area contributed by atoms with E-state index in [-0.39, 0.29) is 17.3 Å². The molecule has 2 rings (SSSR count). The van der Waals surface area contributed by atoms with Gasteiger partial charge in [-0.2, -0.15) is 0 Å². The fraction of sp³-hybridized carbons (Fsp3) is 0.364. The summed E-state index contributed by atoms with van der Waals surface area (Å²) in [5.41, 5.74) is 0.282. The lowest BCUT2D eigenvalue weighted by atomic mass is 10.2. The molecule has 0 atom stereocenters. The molecule has 2 N–H and O–H groups in total. The molecule has 17 heavy (non-hydrogen) atoms. The van der Waals surface area contributed by atoms with E-state index in [2.05, 4.69) is 10.3 Å². The summed E-state index contributed by atoms with van der Waals surface area (Å²) in [6.45, 7) is 1.43. The maximum atomic E-state index is 11.8. The lowest BCUT2D eigenvalue weighted by Gasteiger charge is -2.16. The topological polar surface area (TPSA) is 82.5 Å². The first-order chi connectivity index (χ1) is 8.18. The second-order valence-corrected chi connectivity index (χ2v) is 3.85. The summed E-state index contributed by atoms with van der Waals surface area (Å²) in [5.74, 6) is -1.08. The Morgan fingerprint density at radius 2 is 2.06 bits per heavy atom. The van der Waals surface area contributed by atoms with Crippen molar-refractivity contribution in [3.63, 3.8) is 0 Å². The third-order valence-electron chi connectivity index (χ3n) is 2.69. The van der Waals surface area contributed by atoms with Gasteiger partial charge in [-0.3, -0.25) is 4.98 Å². The molecular weight excluding hydrogens is 222 g/mol. The average molecular weight is 235 g/mol. The van der Waals surface area contributed by atoms with Gasteiger partial charge in [0.2, 0.25) is 0 Å². The molecule has 1 aliphatic heterocycles. The summed E-state index contributed by atoms with van der Waals surface area (Å²) in [5, 5.41) is 11.5. The number of carboxylic acids is 1. The van der Waals surface area contributed by atoms with Crippen LogP contribution in [0.4, 0.5) is 10.5 Å². The van der Waals surface area contributed by atoms with Crippen molar-refractivity contribution < 1.29 is 14.7 Å². The number of rotatable bonds is 2. The summed E-state index contributed by atoms with van der Waals surface area (Å²) in [7, 11) is 0. The van der Waals surface area contributed by atoms with Crippen LogP contribution in [0.1, 0.15) is 23.2 Å². The van der Waals surface area contributed by atoms with Gasteiger partial charge in [-0.25, -0.2) is 9.59 Å². The van der Waals surface area contributed by atoms with Crippen molar-refractivity contribution >= 4 is 17.7 Å². The number of amides is 2. The molecule has 0 spiro atoms. The number of aromatic nitrogens is 1. The molecule has 1 aliphatic rings. The van der Waals surface area contributed by atoms with Crippen LogP contribution in [0.5, 0.6) is 0 Å². The van der Waals surface area contributed by atoms with Crippen molar-refractivity contribution in [3.05, 3.63) is 24.0 Å². The second-order valence-electron chi connectivity index (χ2n) is 3.85. The van der Waals surface area contributed by atoms with Gasteiger partial charge in [0, 0.05) is 19.3 Å². The second kappa shape index (κ2) is 4.82. The Bertz CT molecular complexity index is 441. The molecule has 6 heteroatoms. The molecule has 2 amide bonds. The maximum absolute atomic E-state index is 11.8. The predicted molar refractivity (Wildman–Crippen MR) is 61.0 cm³/mol. The molecule has 1 saturated heterocycles. The third-order valence-corrected chi connectivity index (χ3v) is 2.69. The first-order valence-corrected chi connectivity index (χ1v) is 5.41. The zero-order chi connectivity index (χ0) is 12.3. The molecule has 0 unspecified atom stereocenters. The fourth-order valence-corrected chi connectivity index (χ4v) is 1.80. The standard InChI is InChI=1S/C11H13N3O3/c15-10(16)8-3-4-12-7-9(8)13-11(17)14-5-1-2-6-14/h3-4,7H,1-2,5-6H2,(H,13,17)(H,15,16). The van der Waals surface area contributed by atoms with E-state index in [9.17, 15) is 9.59 Å². The van der Waals surface area contributed by atoms with Crippen LogP contribution in [0.15, 0.2) is 18.5 Å². The lowest BCUT2D eigenvalue weighted by Crippen LogP contribution is -2.32. The smallest absolute Gasteiger partial charge is 0.337 e. The van der Waals surface area contributed by atoms with Crippen molar-refractivity contribution in [2.45, 2.75) is 12.8 Å². The summed E-state index contributed by atoms with van der Waals surface area (Å²) in [6, 6.07) is 1.10. The van der Waals surface area contributed by atoms with Gasteiger partial charge in [-0.1, -0.05) is 0 Å². The molecule has 0 saturated carbocycles. The van der Waals surface area contributed by atoms with Gasteiger partial charge in [0.15, 0.2) is 0 Å². The number of anilines is 1. The highest BCUT2D eigenvalue weighted by Crippen LogP contribution is 2.15. The Labute approximate surface area is 98.3 Å². The number of nitrogens with zero attached hydrogens (tertiary/aromatic N) is 2. The van der Waals surface area contributed by atoms with Gasteiger partial charge in [0.05, 0.1) is 17.4 Å². The normalized spacial score (nSPS) is 14.7. The number of hydrogen-bond donors (Lipinski definition) is 2. The summed E-state index contributed by atoms with van der Waals surface area (Å²) in [6.07, 6.45) is 4.71. The van der Waals surface area contributed by atoms with E-state index < -0.39 is 5.97 Å². The highest BCUT2D eigenvalue weighted by Gasteiger charge is 2.19. The van der Waals surface area contributed by atoms with Crippen LogP contribution < -0.4 is 5.32 Å². The highest BCUT2D eigenvalue weighted by molar-refractivity contribution is 5.99. The average Bonchev–Trinajstić information content (AvgIpc) is 2.83. The zero-order valence-electron chi connectivity index (χ0n) is 9.22. The quantitative estimate of drug-likeness (QED) is 0.811. The number of carboxylic acid groups (broad SMARTS) is 1. The molecular formula is C11H13N3O3. The molecule has 2 heterocycles. The van der Waals surface area contributed by atoms with Crippen LogP contribution in [-0.2, 0) is 0 Å².